The van der Waals surface area contributed by atoms with Crippen molar-refractivity contribution in [1.29, 1.82) is 0 Å². The van der Waals surface area contributed by atoms with Crippen LogP contribution in [0.1, 0.15) is 12.8 Å². The lowest BCUT2D eigenvalue weighted by Gasteiger charge is -2.08. The number of aliphatic imine (C=N–C) groups is 1. The number of hydrogen-bond donors (Lipinski definition) is 2. The molecule has 0 aliphatic rings. The zero-order valence-electron chi connectivity index (χ0n) is 17.4. The number of nitrogens with one attached hydrogen (secondary N) is 1. The monoisotopic (exact) mass is 469 g/mol. The summed E-state index contributed by atoms with van der Waals surface area (Å²) in [6.07, 6.45) is 4.96. The van der Waals surface area contributed by atoms with Gasteiger partial charge in [-0.1, -0.05) is 0 Å². The van der Waals surface area contributed by atoms with Gasteiger partial charge in [0.2, 0.25) is 5.95 Å². The van der Waals surface area contributed by atoms with Gasteiger partial charge in [0.1, 0.15) is 10.6 Å². The Morgan fingerprint density at radius 2 is 1.97 bits per heavy atom. The molecule has 0 spiro atoms. The molecule has 0 atom stereocenters. The van der Waals surface area contributed by atoms with E-state index in [2.05, 4.69) is 19.9 Å². The van der Waals surface area contributed by atoms with Gasteiger partial charge in [-0.3, -0.25) is 4.79 Å². The number of imidazole rings is 2. The van der Waals surface area contributed by atoms with Gasteiger partial charge in [0, 0.05) is 30.6 Å². The first kappa shape index (κ1) is 22.0. The summed E-state index contributed by atoms with van der Waals surface area (Å²) in [4.78, 5) is 26.1. The minimum Gasteiger partial charge on any atom is -0.484 e. The van der Waals surface area contributed by atoms with E-state index in [1.807, 2.05) is 0 Å². The standard InChI is InChI=1S/C21H19N5O6S/c1-31-19(8-9-20(27)28)25-21-23-17-7-4-15(12-18(17)24-21)32-33(29,30)16-5-2-14(3-6-16)26-11-10-22-13-26/h2-7,10-13H,8-9H2,1H3,(H,23,24)(H,27,28). The fourth-order valence-electron chi connectivity index (χ4n) is 2.98. The molecule has 0 bridgehead atoms. The fourth-order valence-corrected chi connectivity index (χ4v) is 3.91. The molecule has 2 aromatic carbocycles. The van der Waals surface area contributed by atoms with Crippen LogP contribution in [0.2, 0.25) is 0 Å². The number of carboxylic acids is 1. The summed E-state index contributed by atoms with van der Waals surface area (Å²) in [5.41, 5.74) is 1.78. The Balaban J connectivity index is 1.53. The molecule has 0 saturated heterocycles. The van der Waals surface area contributed by atoms with E-state index in [-0.39, 0.29) is 35.3 Å². The van der Waals surface area contributed by atoms with Crippen molar-refractivity contribution in [2.45, 2.75) is 17.7 Å². The average molecular weight is 469 g/mol. The lowest BCUT2D eigenvalue weighted by molar-refractivity contribution is -0.136. The van der Waals surface area contributed by atoms with Crippen LogP contribution >= 0.6 is 0 Å². The van der Waals surface area contributed by atoms with Gasteiger partial charge in [0.25, 0.3) is 0 Å². The van der Waals surface area contributed by atoms with Gasteiger partial charge in [-0.2, -0.15) is 13.4 Å². The molecule has 0 aliphatic carbocycles. The van der Waals surface area contributed by atoms with Crippen LogP contribution in [0.25, 0.3) is 16.7 Å². The summed E-state index contributed by atoms with van der Waals surface area (Å²) >= 11 is 0. The van der Waals surface area contributed by atoms with Crippen LogP contribution < -0.4 is 4.18 Å². The van der Waals surface area contributed by atoms with Gasteiger partial charge in [-0.25, -0.2) is 9.97 Å². The third-order valence-corrected chi connectivity index (χ3v) is 5.86. The van der Waals surface area contributed by atoms with Crippen molar-refractivity contribution >= 4 is 39.0 Å². The third-order valence-electron chi connectivity index (χ3n) is 4.59. The number of nitrogens with zero attached hydrogens (tertiary/aromatic N) is 4. The Hall–Kier alpha value is -4.19. The molecule has 0 unspecified atom stereocenters. The number of H-pyrrole nitrogens is 1. The van der Waals surface area contributed by atoms with Crippen molar-refractivity contribution in [2.24, 2.45) is 4.99 Å². The van der Waals surface area contributed by atoms with E-state index in [9.17, 15) is 13.2 Å². The number of carboxylic acid groups (broad SMARTS) is 1. The normalized spacial score (nSPS) is 12.1. The number of ether oxygens (including phenoxy) is 1. The quantitative estimate of drug-likeness (QED) is 0.227. The summed E-state index contributed by atoms with van der Waals surface area (Å²) in [5.74, 6) is -0.484. The molecular weight excluding hydrogens is 450 g/mol. The highest BCUT2D eigenvalue weighted by molar-refractivity contribution is 7.87. The molecule has 0 fully saturated rings. The van der Waals surface area contributed by atoms with Crippen molar-refractivity contribution in [2.75, 3.05) is 7.11 Å². The third kappa shape index (κ3) is 5.18. The predicted octanol–water partition coefficient (Wildman–Crippen LogP) is 3.06. The smallest absolute Gasteiger partial charge is 0.339 e. The maximum Gasteiger partial charge on any atom is 0.339 e. The van der Waals surface area contributed by atoms with Crippen molar-refractivity contribution in [3.8, 4) is 11.4 Å². The van der Waals surface area contributed by atoms with Crippen LogP contribution in [0.4, 0.5) is 5.95 Å². The van der Waals surface area contributed by atoms with E-state index in [0.29, 0.717) is 11.0 Å². The molecule has 33 heavy (non-hydrogen) atoms. The first-order valence-corrected chi connectivity index (χ1v) is 11.1. The molecule has 2 aromatic heterocycles. The number of rotatable bonds is 8. The molecule has 2 N–H and O–H groups in total. The molecule has 170 valence electrons. The highest BCUT2D eigenvalue weighted by atomic mass is 32.2. The maximum absolute atomic E-state index is 12.7. The first-order chi connectivity index (χ1) is 15.8. The zero-order valence-corrected chi connectivity index (χ0v) is 18.2. The average Bonchev–Trinajstić information content (AvgIpc) is 3.46. The summed E-state index contributed by atoms with van der Waals surface area (Å²) in [5, 5.41) is 8.80. The Labute approximate surface area is 188 Å². The van der Waals surface area contributed by atoms with Crippen LogP contribution in [0.15, 0.2) is 71.1 Å². The van der Waals surface area contributed by atoms with E-state index in [4.69, 9.17) is 14.0 Å². The summed E-state index contributed by atoms with van der Waals surface area (Å²) in [6, 6.07) is 10.8. The van der Waals surface area contributed by atoms with Gasteiger partial charge < -0.3 is 23.6 Å². The molecule has 0 amide bonds. The van der Waals surface area contributed by atoms with E-state index >= 15 is 0 Å². The Morgan fingerprint density at radius 3 is 2.64 bits per heavy atom. The molecule has 0 saturated carbocycles. The number of methoxy groups -OCH3 is 1. The Morgan fingerprint density at radius 1 is 1.18 bits per heavy atom. The van der Waals surface area contributed by atoms with Gasteiger partial charge in [-0.05, 0) is 36.4 Å². The maximum atomic E-state index is 12.7. The Kier molecular flexibility index (Phi) is 6.09. The molecule has 12 heteroatoms. The summed E-state index contributed by atoms with van der Waals surface area (Å²) in [6.45, 7) is 0. The van der Waals surface area contributed by atoms with Gasteiger partial charge in [0.05, 0.1) is 30.9 Å². The number of aliphatic carboxylic acids is 1. The largest absolute Gasteiger partial charge is 0.484 e. The zero-order chi connectivity index (χ0) is 23.4. The minimum atomic E-state index is -4.07. The second kappa shape index (κ2) is 9.12. The molecular formula is C21H19N5O6S. The van der Waals surface area contributed by atoms with E-state index in [1.165, 1.54) is 31.4 Å². The van der Waals surface area contributed by atoms with Crippen LogP contribution in [0.3, 0.4) is 0 Å². The van der Waals surface area contributed by atoms with Gasteiger partial charge in [-0.15, -0.1) is 0 Å². The number of aromatic amines is 1. The number of fused-ring (bicyclic) bond motifs is 1. The highest BCUT2D eigenvalue weighted by Gasteiger charge is 2.18. The number of benzene rings is 2. The second-order valence-corrected chi connectivity index (χ2v) is 8.39. The number of carbonyl (C=O) groups is 1. The van der Waals surface area contributed by atoms with Crippen LogP contribution in [0, 0.1) is 0 Å². The van der Waals surface area contributed by atoms with Crippen LogP contribution in [-0.4, -0.2) is 52.0 Å². The summed E-state index contributed by atoms with van der Waals surface area (Å²) < 4.78 is 37.5. The van der Waals surface area contributed by atoms with Gasteiger partial charge in [0.15, 0.2) is 5.90 Å². The molecule has 11 nitrogen and oxygen atoms in total. The molecule has 0 radical (unpaired) electrons. The SMILES string of the molecule is COC(CCC(=O)O)=Nc1nc2cc(OS(=O)(=O)c3ccc(-n4ccnc4)cc3)ccc2[nH]1. The number of hydrogen-bond acceptors (Lipinski definition) is 8. The van der Waals surface area contributed by atoms with Crippen molar-refractivity contribution in [3.63, 3.8) is 0 Å². The fraction of sp³-hybridized carbons (Fsp3) is 0.143. The van der Waals surface area contributed by atoms with E-state index < -0.39 is 16.1 Å². The summed E-state index contributed by atoms with van der Waals surface area (Å²) in [7, 11) is -2.67. The van der Waals surface area contributed by atoms with Crippen LogP contribution in [-0.2, 0) is 19.6 Å². The lowest BCUT2D eigenvalue weighted by atomic mass is 10.3. The van der Waals surface area contributed by atoms with Gasteiger partial charge >= 0.3 is 16.1 Å². The minimum absolute atomic E-state index is 0.00180. The molecule has 4 rings (SSSR count). The predicted molar refractivity (Wildman–Crippen MR) is 118 cm³/mol. The van der Waals surface area contributed by atoms with Crippen molar-refractivity contribution < 1.29 is 27.2 Å². The number of aromatic nitrogens is 4. The second-order valence-electron chi connectivity index (χ2n) is 6.84. The molecule has 0 aliphatic heterocycles. The topological polar surface area (TPSA) is 149 Å². The molecule has 2 heterocycles. The molecule has 4 aromatic rings. The van der Waals surface area contributed by atoms with Crippen LogP contribution in [0.5, 0.6) is 5.75 Å². The van der Waals surface area contributed by atoms with Crippen molar-refractivity contribution in [1.82, 2.24) is 19.5 Å². The Bertz CT molecular complexity index is 1410. The van der Waals surface area contributed by atoms with Crippen molar-refractivity contribution in [3.05, 3.63) is 61.2 Å². The van der Waals surface area contributed by atoms with E-state index in [1.54, 1.807) is 41.5 Å². The highest BCUT2D eigenvalue weighted by Crippen LogP contribution is 2.25. The first-order valence-electron chi connectivity index (χ1n) is 9.70. The lowest BCUT2D eigenvalue weighted by Crippen LogP contribution is -2.09. The van der Waals surface area contributed by atoms with E-state index in [0.717, 1.165) is 5.69 Å².